The van der Waals surface area contributed by atoms with Gasteiger partial charge < -0.3 is 4.74 Å². The molecule has 0 radical (unpaired) electrons. The van der Waals surface area contributed by atoms with Crippen LogP contribution in [0.2, 0.25) is 5.02 Å². The van der Waals surface area contributed by atoms with Gasteiger partial charge in [0.25, 0.3) is 0 Å². The molecule has 0 aliphatic heterocycles. The molecule has 1 unspecified atom stereocenters. The van der Waals surface area contributed by atoms with Crippen molar-refractivity contribution in [2.45, 2.75) is 46.1 Å². The van der Waals surface area contributed by atoms with Gasteiger partial charge in [-0.3, -0.25) is 0 Å². The van der Waals surface area contributed by atoms with Crippen LogP contribution in [-0.4, -0.2) is 11.6 Å². The first-order valence-electron chi connectivity index (χ1n) is 9.83. The van der Waals surface area contributed by atoms with Gasteiger partial charge in [0.1, 0.15) is 17.3 Å². The topological polar surface area (TPSA) is 46.8 Å². The lowest BCUT2D eigenvalue weighted by Gasteiger charge is -2.15. The van der Waals surface area contributed by atoms with Crippen LogP contribution in [0.3, 0.4) is 0 Å². The smallest absolute Gasteiger partial charge is 0.121 e. The van der Waals surface area contributed by atoms with Crippen LogP contribution in [-0.2, 0) is 6.54 Å². The number of thiazole rings is 1. The van der Waals surface area contributed by atoms with E-state index in [4.69, 9.17) is 16.3 Å². The van der Waals surface area contributed by atoms with E-state index in [0.717, 1.165) is 39.7 Å². The van der Waals surface area contributed by atoms with Crippen molar-refractivity contribution in [1.29, 1.82) is 0 Å². The highest BCUT2D eigenvalue weighted by Crippen LogP contribution is 2.26. The predicted molar refractivity (Wildman–Crippen MR) is 118 cm³/mol. The van der Waals surface area contributed by atoms with E-state index in [-0.39, 0.29) is 0 Å². The maximum Gasteiger partial charge on any atom is 0.121 e. The number of unbranched alkanes of at least 4 members (excludes halogenated alkanes) is 1. The first-order chi connectivity index (χ1) is 13.7. The number of azo groups is 1. The number of nitrogens with zero attached hydrogens (tertiary/aromatic N) is 3. The van der Waals surface area contributed by atoms with Crippen molar-refractivity contribution in [2.24, 2.45) is 16.1 Å². The summed E-state index contributed by atoms with van der Waals surface area (Å²) in [4.78, 5) is 4.56. The van der Waals surface area contributed by atoms with Crippen LogP contribution in [0.1, 0.15) is 44.5 Å². The normalized spacial score (nSPS) is 12.7. The zero-order valence-electron chi connectivity index (χ0n) is 16.4. The van der Waals surface area contributed by atoms with Crippen molar-refractivity contribution in [3.8, 4) is 5.75 Å². The largest absolute Gasteiger partial charge is 0.493 e. The number of aromatic nitrogens is 1. The van der Waals surface area contributed by atoms with Crippen LogP contribution in [0.4, 0.5) is 5.69 Å². The number of ether oxygens (including phenoxy) is 1. The molecule has 0 saturated heterocycles. The van der Waals surface area contributed by atoms with Crippen molar-refractivity contribution in [3.63, 3.8) is 0 Å². The summed E-state index contributed by atoms with van der Waals surface area (Å²) >= 11 is 7.63. The number of hydrogen-bond acceptors (Lipinski definition) is 5. The SMILES string of the molecule is CCCCC(CC)COc1cccc(N=NCc2nc3cc(Cl)ccc3s2)c1. The average Bonchev–Trinajstić information content (AvgIpc) is 3.10. The molecule has 0 amide bonds. The van der Waals surface area contributed by atoms with Gasteiger partial charge in [0.2, 0.25) is 0 Å². The lowest BCUT2D eigenvalue weighted by molar-refractivity contribution is 0.233. The Morgan fingerprint density at radius 3 is 2.89 bits per heavy atom. The lowest BCUT2D eigenvalue weighted by Crippen LogP contribution is -2.11. The fourth-order valence-corrected chi connectivity index (χ4v) is 3.97. The first-order valence-corrected chi connectivity index (χ1v) is 11.0. The first kappa shape index (κ1) is 20.7. The van der Waals surface area contributed by atoms with Crippen LogP contribution in [0.5, 0.6) is 5.75 Å². The molecule has 1 heterocycles. The monoisotopic (exact) mass is 415 g/mol. The van der Waals surface area contributed by atoms with Crippen molar-refractivity contribution >= 4 is 38.8 Å². The Balaban J connectivity index is 1.57. The zero-order valence-corrected chi connectivity index (χ0v) is 18.0. The minimum atomic E-state index is 0.455. The molecule has 0 N–H and O–H groups in total. The fourth-order valence-electron chi connectivity index (χ4n) is 2.94. The average molecular weight is 416 g/mol. The van der Waals surface area contributed by atoms with E-state index in [1.165, 1.54) is 19.3 Å². The summed E-state index contributed by atoms with van der Waals surface area (Å²) in [6.07, 6.45) is 4.86. The van der Waals surface area contributed by atoms with E-state index in [0.29, 0.717) is 17.5 Å². The third-order valence-corrected chi connectivity index (χ3v) is 5.89. The van der Waals surface area contributed by atoms with Crippen LogP contribution in [0, 0.1) is 5.92 Å². The van der Waals surface area contributed by atoms with E-state index in [9.17, 15) is 0 Å². The molecule has 1 aromatic heterocycles. The molecule has 0 saturated carbocycles. The summed E-state index contributed by atoms with van der Waals surface area (Å²) in [7, 11) is 0. The highest BCUT2D eigenvalue weighted by atomic mass is 35.5. The molecule has 0 spiro atoms. The molecule has 4 nitrogen and oxygen atoms in total. The van der Waals surface area contributed by atoms with Crippen LogP contribution in [0.15, 0.2) is 52.7 Å². The second-order valence-electron chi connectivity index (χ2n) is 6.84. The molecule has 3 rings (SSSR count). The summed E-state index contributed by atoms with van der Waals surface area (Å²) in [5.41, 5.74) is 1.70. The highest BCUT2D eigenvalue weighted by Gasteiger charge is 2.07. The summed E-state index contributed by atoms with van der Waals surface area (Å²) in [6, 6.07) is 13.5. The molecular weight excluding hydrogens is 390 g/mol. The molecule has 2 aromatic carbocycles. The summed E-state index contributed by atoms with van der Waals surface area (Å²) in [5.74, 6) is 1.46. The summed E-state index contributed by atoms with van der Waals surface area (Å²) in [5, 5.41) is 10.3. The van der Waals surface area contributed by atoms with Crippen molar-refractivity contribution < 1.29 is 4.74 Å². The second kappa shape index (κ2) is 10.5. The standard InChI is InChI=1S/C22H26ClN3OS/c1-3-5-7-16(4-2)15-27-19-9-6-8-18(13-19)26-24-14-22-25-20-12-17(23)10-11-21(20)28-22/h6,8-13,16H,3-5,7,14-15H2,1-2H3. The van der Waals surface area contributed by atoms with Gasteiger partial charge >= 0.3 is 0 Å². The third-order valence-electron chi connectivity index (χ3n) is 4.63. The van der Waals surface area contributed by atoms with E-state index in [1.807, 2.05) is 42.5 Å². The third kappa shape index (κ3) is 6.01. The molecule has 148 valence electrons. The van der Waals surface area contributed by atoms with Crippen molar-refractivity contribution in [1.82, 2.24) is 4.98 Å². The molecule has 0 bridgehead atoms. The van der Waals surface area contributed by atoms with E-state index in [2.05, 4.69) is 29.1 Å². The van der Waals surface area contributed by atoms with Crippen LogP contribution in [0.25, 0.3) is 10.2 Å². The van der Waals surface area contributed by atoms with E-state index >= 15 is 0 Å². The van der Waals surface area contributed by atoms with Crippen LogP contribution >= 0.6 is 22.9 Å². The molecule has 28 heavy (non-hydrogen) atoms. The summed E-state index contributed by atoms with van der Waals surface area (Å²) in [6.45, 7) is 5.66. The highest BCUT2D eigenvalue weighted by molar-refractivity contribution is 7.18. The minimum absolute atomic E-state index is 0.455. The second-order valence-corrected chi connectivity index (χ2v) is 8.40. The van der Waals surface area contributed by atoms with Gasteiger partial charge in [-0.25, -0.2) is 4.98 Å². The molecule has 3 aromatic rings. The van der Waals surface area contributed by atoms with Gasteiger partial charge in [-0.1, -0.05) is 50.8 Å². The lowest BCUT2D eigenvalue weighted by atomic mass is 10.0. The number of benzene rings is 2. The summed E-state index contributed by atoms with van der Waals surface area (Å²) < 4.78 is 7.10. The van der Waals surface area contributed by atoms with Gasteiger partial charge in [0, 0.05) is 11.1 Å². The Morgan fingerprint density at radius 2 is 2.07 bits per heavy atom. The number of rotatable bonds is 10. The van der Waals surface area contributed by atoms with Gasteiger partial charge in [-0.2, -0.15) is 10.2 Å². The Morgan fingerprint density at radius 1 is 1.18 bits per heavy atom. The predicted octanol–water partition coefficient (Wildman–Crippen LogP) is 7.83. The Hall–Kier alpha value is -1.98. The van der Waals surface area contributed by atoms with Gasteiger partial charge in [-0.15, -0.1) is 11.3 Å². The zero-order chi connectivity index (χ0) is 19.8. The van der Waals surface area contributed by atoms with Gasteiger partial charge in [-0.05, 0) is 42.7 Å². The van der Waals surface area contributed by atoms with E-state index < -0.39 is 0 Å². The van der Waals surface area contributed by atoms with Crippen LogP contribution < -0.4 is 4.74 Å². The molecular formula is C22H26ClN3OS. The number of hydrogen-bond donors (Lipinski definition) is 0. The van der Waals surface area contributed by atoms with Gasteiger partial charge in [0.05, 0.1) is 22.5 Å². The molecule has 0 fully saturated rings. The maximum absolute atomic E-state index is 6.02. The Bertz CT molecular complexity index is 925. The quantitative estimate of drug-likeness (QED) is 0.316. The van der Waals surface area contributed by atoms with Crippen molar-refractivity contribution in [3.05, 3.63) is 52.5 Å². The van der Waals surface area contributed by atoms with Gasteiger partial charge in [0.15, 0.2) is 0 Å². The molecule has 1 atom stereocenters. The Labute approximate surface area is 175 Å². The Kier molecular flexibility index (Phi) is 7.80. The number of fused-ring (bicyclic) bond motifs is 1. The maximum atomic E-state index is 6.02. The number of halogens is 1. The molecule has 0 aliphatic carbocycles. The van der Waals surface area contributed by atoms with E-state index in [1.54, 1.807) is 11.3 Å². The molecule has 0 aliphatic rings. The van der Waals surface area contributed by atoms with Crippen molar-refractivity contribution in [2.75, 3.05) is 6.61 Å². The minimum Gasteiger partial charge on any atom is -0.493 e. The molecule has 6 heteroatoms. The fraction of sp³-hybridized carbons (Fsp3) is 0.409.